The molecular weight excluding hydrogens is 244 g/mol. The Balaban J connectivity index is 2.05. The number of aromatic nitrogens is 1. The molecule has 1 aromatic carbocycles. The maximum atomic E-state index is 5.86. The normalized spacial score (nSPS) is 11.3. The minimum atomic E-state index is 0.0665. The van der Waals surface area contributed by atoms with Crippen molar-refractivity contribution in [3.8, 4) is 0 Å². The van der Waals surface area contributed by atoms with Crippen LogP contribution in [0.3, 0.4) is 0 Å². The van der Waals surface area contributed by atoms with Crippen LogP contribution in [0.15, 0.2) is 48.7 Å². The van der Waals surface area contributed by atoms with E-state index in [9.17, 15) is 0 Å². The Morgan fingerprint density at radius 1 is 1.17 bits per heavy atom. The molecule has 0 aliphatic rings. The molecule has 0 radical (unpaired) electrons. The molecule has 0 aliphatic heterocycles. The van der Waals surface area contributed by atoms with Crippen molar-refractivity contribution in [3.05, 3.63) is 59.4 Å². The van der Waals surface area contributed by atoms with Crippen molar-refractivity contribution in [2.24, 2.45) is 0 Å². The van der Waals surface area contributed by atoms with Crippen LogP contribution in [0, 0.1) is 0 Å². The van der Waals surface area contributed by atoms with Crippen LogP contribution < -0.4 is 5.32 Å². The van der Waals surface area contributed by atoms with Gasteiger partial charge in [-0.15, -0.1) is 0 Å². The second-order valence-corrected chi connectivity index (χ2v) is 5.36. The van der Waals surface area contributed by atoms with E-state index in [-0.39, 0.29) is 5.41 Å². The van der Waals surface area contributed by atoms with Gasteiger partial charge in [-0.2, -0.15) is 0 Å². The fraction of sp³-hybridized carbons (Fsp3) is 0.267. The number of rotatable bonds is 4. The summed E-state index contributed by atoms with van der Waals surface area (Å²) in [6, 6.07) is 14.2. The fourth-order valence-corrected chi connectivity index (χ4v) is 2.00. The Morgan fingerprint density at radius 3 is 2.56 bits per heavy atom. The summed E-state index contributed by atoms with van der Waals surface area (Å²) in [5, 5.41) is 3.91. The molecule has 0 bridgehead atoms. The number of nitrogens with zero attached hydrogens (tertiary/aromatic N) is 1. The highest BCUT2D eigenvalue weighted by Gasteiger charge is 2.19. The van der Waals surface area contributed by atoms with Crippen LogP contribution >= 0.6 is 11.6 Å². The molecule has 0 atom stereocenters. The van der Waals surface area contributed by atoms with Crippen molar-refractivity contribution < 1.29 is 0 Å². The van der Waals surface area contributed by atoms with Gasteiger partial charge in [0.25, 0.3) is 0 Å². The van der Waals surface area contributed by atoms with Gasteiger partial charge in [0.15, 0.2) is 0 Å². The number of benzene rings is 1. The Labute approximate surface area is 113 Å². The van der Waals surface area contributed by atoms with Gasteiger partial charge in [0.1, 0.15) is 5.15 Å². The maximum Gasteiger partial charge on any atom is 0.131 e. The first-order valence-corrected chi connectivity index (χ1v) is 6.37. The smallest absolute Gasteiger partial charge is 0.131 e. The first kappa shape index (κ1) is 12.9. The van der Waals surface area contributed by atoms with Gasteiger partial charge in [-0.1, -0.05) is 55.8 Å². The molecule has 0 spiro atoms. The van der Waals surface area contributed by atoms with Gasteiger partial charge >= 0.3 is 0 Å². The third-order valence-electron chi connectivity index (χ3n) is 3.02. The van der Waals surface area contributed by atoms with Gasteiger partial charge in [0.2, 0.25) is 0 Å². The molecule has 0 aliphatic carbocycles. The van der Waals surface area contributed by atoms with Crippen LogP contribution in [0.1, 0.15) is 19.4 Å². The lowest BCUT2D eigenvalue weighted by Crippen LogP contribution is -2.27. The molecule has 18 heavy (non-hydrogen) atoms. The highest BCUT2D eigenvalue weighted by molar-refractivity contribution is 6.29. The first-order valence-electron chi connectivity index (χ1n) is 5.99. The zero-order chi connectivity index (χ0) is 13.0. The first-order chi connectivity index (χ1) is 8.58. The molecule has 1 aromatic heterocycles. The molecule has 1 N–H and O–H groups in total. The summed E-state index contributed by atoms with van der Waals surface area (Å²) < 4.78 is 0. The third-order valence-corrected chi connectivity index (χ3v) is 3.22. The van der Waals surface area contributed by atoms with E-state index in [1.165, 1.54) is 5.56 Å². The molecule has 0 saturated heterocycles. The Bertz CT molecular complexity index is 509. The summed E-state index contributed by atoms with van der Waals surface area (Å²) in [7, 11) is 0. The molecule has 2 aromatic rings. The molecular formula is C15H17ClN2. The SMILES string of the molecule is CC(C)(CNc1ccnc(Cl)c1)c1ccccc1. The van der Waals surface area contributed by atoms with Gasteiger partial charge < -0.3 is 5.32 Å². The van der Waals surface area contributed by atoms with Gasteiger partial charge in [-0.05, 0) is 17.7 Å². The van der Waals surface area contributed by atoms with E-state index in [4.69, 9.17) is 11.6 Å². The number of nitrogens with one attached hydrogen (secondary N) is 1. The largest absolute Gasteiger partial charge is 0.384 e. The third kappa shape index (κ3) is 3.23. The van der Waals surface area contributed by atoms with Crippen LogP contribution in [0.5, 0.6) is 0 Å². The number of halogens is 1. The molecule has 2 nitrogen and oxygen atoms in total. The standard InChI is InChI=1S/C15H17ClN2/c1-15(2,12-6-4-3-5-7-12)11-18-13-8-9-17-14(16)10-13/h3-10H,11H2,1-2H3,(H,17,18). The molecule has 3 heteroatoms. The van der Waals surface area contributed by atoms with E-state index in [1.54, 1.807) is 6.20 Å². The van der Waals surface area contributed by atoms with E-state index in [0.29, 0.717) is 5.15 Å². The molecule has 1 heterocycles. The van der Waals surface area contributed by atoms with E-state index in [1.807, 2.05) is 18.2 Å². The van der Waals surface area contributed by atoms with Gasteiger partial charge in [0, 0.05) is 23.8 Å². The number of hydrogen-bond acceptors (Lipinski definition) is 2. The van der Waals surface area contributed by atoms with E-state index in [2.05, 4.69) is 48.4 Å². The monoisotopic (exact) mass is 260 g/mol. The van der Waals surface area contributed by atoms with Crippen LogP contribution in [0.25, 0.3) is 0 Å². The minimum absolute atomic E-state index is 0.0665. The lowest BCUT2D eigenvalue weighted by atomic mass is 9.84. The average Bonchev–Trinajstić information content (AvgIpc) is 2.38. The van der Waals surface area contributed by atoms with Crippen molar-refractivity contribution in [1.29, 1.82) is 0 Å². The van der Waals surface area contributed by atoms with Crippen molar-refractivity contribution >= 4 is 17.3 Å². The second-order valence-electron chi connectivity index (χ2n) is 4.97. The molecule has 0 unspecified atom stereocenters. The minimum Gasteiger partial charge on any atom is -0.384 e. The number of anilines is 1. The number of hydrogen-bond donors (Lipinski definition) is 1. The Hall–Kier alpha value is -1.54. The van der Waals surface area contributed by atoms with Crippen LogP contribution in [0.2, 0.25) is 5.15 Å². The van der Waals surface area contributed by atoms with Crippen LogP contribution in [-0.4, -0.2) is 11.5 Å². The van der Waals surface area contributed by atoms with Gasteiger partial charge in [0.05, 0.1) is 0 Å². The second kappa shape index (κ2) is 5.40. The summed E-state index contributed by atoms with van der Waals surface area (Å²) in [5.74, 6) is 0. The zero-order valence-electron chi connectivity index (χ0n) is 10.7. The van der Waals surface area contributed by atoms with Crippen molar-refractivity contribution in [1.82, 2.24) is 4.98 Å². The summed E-state index contributed by atoms with van der Waals surface area (Å²) in [6.07, 6.45) is 1.71. The summed E-state index contributed by atoms with van der Waals surface area (Å²) >= 11 is 5.86. The lowest BCUT2D eigenvalue weighted by molar-refractivity contribution is 0.557. The molecule has 0 fully saturated rings. The van der Waals surface area contributed by atoms with Crippen LogP contribution in [-0.2, 0) is 5.41 Å². The summed E-state index contributed by atoms with van der Waals surface area (Å²) in [5.41, 5.74) is 2.38. The van der Waals surface area contributed by atoms with Crippen molar-refractivity contribution in [3.63, 3.8) is 0 Å². The highest BCUT2D eigenvalue weighted by Crippen LogP contribution is 2.23. The Morgan fingerprint density at radius 2 is 1.89 bits per heavy atom. The van der Waals surface area contributed by atoms with Crippen molar-refractivity contribution in [2.45, 2.75) is 19.3 Å². The quantitative estimate of drug-likeness (QED) is 0.837. The fourth-order valence-electron chi connectivity index (χ4n) is 1.83. The van der Waals surface area contributed by atoms with Gasteiger partial charge in [-0.3, -0.25) is 0 Å². The van der Waals surface area contributed by atoms with Crippen molar-refractivity contribution in [2.75, 3.05) is 11.9 Å². The summed E-state index contributed by atoms with van der Waals surface area (Å²) in [4.78, 5) is 3.97. The molecule has 0 saturated carbocycles. The number of pyridine rings is 1. The predicted octanol–water partition coefficient (Wildman–Crippen LogP) is 4.12. The maximum absolute atomic E-state index is 5.86. The Kier molecular flexibility index (Phi) is 3.87. The lowest BCUT2D eigenvalue weighted by Gasteiger charge is -2.26. The highest BCUT2D eigenvalue weighted by atomic mass is 35.5. The van der Waals surface area contributed by atoms with Crippen LogP contribution in [0.4, 0.5) is 5.69 Å². The zero-order valence-corrected chi connectivity index (χ0v) is 11.4. The molecule has 0 amide bonds. The van der Waals surface area contributed by atoms with E-state index < -0.39 is 0 Å². The average molecular weight is 261 g/mol. The van der Waals surface area contributed by atoms with E-state index in [0.717, 1.165) is 12.2 Å². The molecule has 2 rings (SSSR count). The van der Waals surface area contributed by atoms with E-state index >= 15 is 0 Å². The predicted molar refractivity (Wildman–Crippen MR) is 77.2 cm³/mol. The topological polar surface area (TPSA) is 24.9 Å². The molecule has 94 valence electrons. The summed E-state index contributed by atoms with van der Waals surface area (Å²) in [6.45, 7) is 5.29. The van der Waals surface area contributed by atoms with Gasteiger partial charge in [-0.25, -0.2) is 4.98 Å².